The number of nitrogens with one attached hydrogen (secondary N) is 2. The third-order valence-corrected chi connectivity index (χ3v) is 3.12. The van der Waals surface area contributed by atoms with Crippen molar-refractivity contribution >= 4 is 11.6 Å². The predicted molar refractivity (Wildman–Crippen MR) is 78.3 cm³/mol. The molecule has 110 valence electrons. The summed E-state index contributed by atoms with van der Waals surface area (Å²) in [6.45, 7) is 0. The second kappa shape index (κ2) is 5.77. The maximum Gasteiger partial charge on any atom is 0.255 e. The smallest absolute Gasteiger partial charge is 0.255 e. The van der Waals surface area contributed by atoms with Crippen molar-refractivity contribution in [3.8, 4) is 11.4 Å². The van der Waals surface area contributed by atoms with Gasteiger partial charge < -0.3 is 10.3 Å². The molecule has 0 aliphatic carbocycles. The Morgan fingerprint density at radius 1 is 1.05 bits per heavy atom. The quantitative estimate of drug-likeness (QED) is 0.776. The van der Waals surface area contributed by atoms with Gasteiger partial charge in [0, 0.05) is 23.5 Å². The van der Waals surface area contributed by atoms with E-state index in [0.717, 1.165) is 17.7 Å². The number of imidazole rings is 1. The Kier molecular flexibility index (Phi) is 3.65. The summed E-state index contributed by atoms with van der Waals surface area (Å²) >= 11 is 0. The Bertz CT molecular complexity index is 779. The van der Waals surface area contributed by atoms with Crippen LogP contribution in [0.25, 0.3) is 11.4 Å². The molecule has 1 aromatic heterocycles. The minimum atomic E-state index is -0.819. The van der Waals surface area contributed by atoms with Gasteiger partial charge in [0.1, 0.15) is 23.1 Å². The molecule has 0 unspecified atom stereocenters. The van der Waals surface area contributed by atoms with Crippen LogP contribution in [0.4, 0.5) is 14.5 Å². The lowest BCUT2D eigenvalue weighted by Gasteiger charge is -2.07. The number of halogens is 2. The van der Waals surface area contributed by atoms with Crippen molar-refractivity contribution in [1.82, 2.24) is 9.97 Å². The summed E-state index contributed by atoms with van der Waals surface area (Å²) in [6, 6.07) is 9.92. The first-order valence-electron chi connectivity index (χ1n) is 6.50. The molecule has 2 aromatic carbocycles. The Hall–Kier alpha value is -3.02. The second-order valence-electron chi connectivity index (χ2n) is 4.57. The number of rotatable bonds is 3. The van der Waals surface area contributed by atoms with E-state index in [2.05, 4.69) is 15.3 Å². The average Bonchev–Trinajstić information content (AvgIpc) is 3.05. The largest absolute Gasteiger partial charge is 0.345 e. The van der Waals surface area contributed by atoms with Crippen LogP contribution in [-0.2, 0) is 0 Å². The molecule has 3 rings (SSSR count). The number of hydrogen-bond donors (Lipinski definition) is 2. The molecule has 0 fully saturated rings. The van der Waals surface area contributed by atoms with Crippen molar-refractivity contribution in [3.05, 3.63) is 72.1 Å². The summed E-state index contributed by atoms with van der Waals surface area (Å²) < 4.78 is 27.0. The van der Waals surface area contributed by atoms with Gasteiger partial charge in [-0.05, 0) is 24.3 Å². The summed E-state index contributed by atoms with van der Waals surface area (Å²) in [5.41, 5.74) is 0.638. The third kappa shape index (κ3) is 2.71. The van der Waals surface area contributed by atoms with E-state index in [0.29, 0.717) is 5.82 Å². The molecule has 0 radical (unpaired) electrons. The highest BCUT2D eigenvalue weighted by atomic mass is 19.1. The SMILES string of the molecule is O=C(Nc1c(F)cccc1F)c1ccc(-c2ncc[nH]2)cc1. The summed E-state index contributed by atoms with van der Waals surface area (Å²) in [4.78, 5) is 19.1. The number of aromatic nitrogens is 2. The number of hydrogen-bond acceptors (Lipinski definition) is 2. The van der Waals surface area contributed by atoms with Gasteiger partial charge in [0.05, 0.1) is 0 Å². The lowest BCUT2D eigenvalue weighted by atomic mass is 10.1. The van der Waals surface area contributed by atoms with Crippen LogP contribution in [0.3, 0.4) is 0 Å². The second-order valence-corrected chi connectivity index (χ2v) is 4.57. The topological polar surface area (TPSA) is 57.8 Å². The molecule has 0 saturated carbocycles. The minimum absolute atomic E-state index is 0.290. The molecule has 0 atom stereocenters. The van der Waals surface area contributed by atoms with Crippen LogP contribution in [-0.4, -0.2) is 15.9 Å². The van der Waals surface area contributed by atoms with Gasteiger partial charge in [-0.3, -0.25) is 4.79 Å². The maximum atomic E-state index is 13.5. The number of para-hydroxylation sites is 1. The highest BCUT2D eigenvalue weighted by Crippen LogP contribution is 2.20. The van der Waals surface area contributed by atoms with Crippen LogP contribution in [0, 0.1) is 11.6 Å². The van der Waals surface area contributed by atoms with Gasteiger partial charge in [-0.15, -0.1) is 0 Å². The van der Waals surface area contributed by atoms with E-state index in [9.17, 15) is 13.6 Å². The average molecular weight is 299 g/mol. The van der Waals surface area contributed by atoms with Crippen LogP contribution in [0.5, 0.6) is 0 Å². The molecule has 0 spiro atoms. The molecule has 6 heteroatoms. The zero-order valence-electron chi connectivity index (χ0n) is 11.3. The Balaban J connectivity index is 1.81. The molecule has 4 nitrogen and oxygen atoms in total. The highest BCUT2D eigenvalue weighted by Gasteiger charge is 2.13. The highest BCUT2D eigenvalue weighted by molar-refractivity contribution is 6.04. The van der Waals surface area contributed by atoms with E-state index < -0.39 is 23.2 Å². The summed E-state index contributed by atoms with van der Waals surface area (Å²) in [5, 5.41) is 2.24. The molecular formula is C16H11F2N3O. The molecule has 22 heavy (non-hydrogen) atoms. The molecule has 2 N–H and O–H groups in total. The van der Waals surface area contributed by atoms with E-state index in [1.54, 1.807) is 36.7 Å². The molecule has 3 aromatic rings. The first kappa shape index (κ1) is 13.9. The number of anilines is 1. The van der Waals surface area contributed by atoms with Crippen molar-refractivity contribution in [2.45, 2.75) is 0 Å². The maximum absolute atomic E-state index is 13.5. The number of H-pyrrole nitrogens is 1. The zero-order chi connectivity index (χ0) is 15.5. The normalized spacial score (nSPS) is 10.5. The van der Waals surface area contributed by atoms with E-state index in [1.165, 1.54) is 6.07 Å². The molecule has 0 aliphatic heterocycles. The molecule has 1 heterocycles. The fourth-order valence-electron chi connectivity index (χ4n) is 2.01. The van der Waals surface area contributed by atoms with Crippen molar-refractivity contribution in [2.24, 2.45) is 0 Å². The van der Waals surface area contributed by atoms with Gasteiger partial charge in [-0.2, -0.15) is 0 Å². The van der Waals surface area contributed by atoms with Gasteiger partial charge in [-0.1, -0.05) is 18.2 Å². The van der Waals surface area contributed by atoms with E-state index in [-0.39, 0.29) is 5.56 Å². The number of benzene rings is 2. The molecule has 0 saturated heterocycles. The lowest BCUT2D eigenvalue weighted by Crippen LogP contribution is -2.14. The van der Waals surface area contributed by atoms with Crippen molar-refractivity contribution in [3.63, 3.8) is 0 Å². The van der Waals surface area contributed by atoms with Gasteiger partial charge in [0.15, 0.2) is 0 Å². The van der Waals surface area contributed by atoms with Crippen LogP contribution in [0.15, 0.2) is 54.9 Å². The summed E-state index contributed by atoms with van der Waals surface area (Å²) in [7, 11) is 0. The zero-order valence-corrected chi connectivity index (χ0v) is 11.3. The predicted octanol–water partition coefficient (Wildman–Crippen LogP) is 3.61. The van der Waals surface area contributed by atoms with E-state index in [4.69, 9.17) is 0 Å². The van der Waals surface area contributed by atoms with Crippen molar-refractivity contribution in [1.29, 1.82) is 0 Å². The number of carbonyl (C=O) groups is 1. The molecule has 1 amide bonds. The van der Waals surface area contributed by atoms with E-state index >= 15 is 0 Å². The van der Waals surface area contributed by atoms with Gasteiger partial charge in [0.2, 0.25) is 0 Å². The van der Waals surface area contributed by atoms with Gasteiger partial charge in [0.25, 0.3) is 5.91 Å². The van der Waals surface area contributed by atoms with Gasteiger partial charge in [-0.25, -0.2) is 13.8 Å². The minimum Gasteiger partial charge on any atom is -0.345 e. The lowest BCUT2D eigenvalue weighted by molar-refractivity contribution is 0.102. The number of aromatic amines is 1. The fraction of sp³-hybridized carbons (Fsp3) is 0. The monoisotopic (exact) mass is 299 g/mol. The fourth-order valence-corrected chi connectivity index (χ4v) is 2.01. The summed E-state index contributed by atoms with van der Waals surface area (Å²) in [5.74, 6) is -1.55. The third-order valence-electron chi connectivity index (χ3n) is 3.12. The van der Waals surface area contributed by atoms with Crippen LogP contribution >= 0.6 is 0 Å². The van der Waals surface area contributed by atoms with Crippen molar-refractivity contribution < 1.29 is 13.6 Å². The molecule has 0 aliphatic rings. The van der Waals surface area contributed by atoms with Crippen LogP contribution in [0.2, 0.25) is 0 Å². The Labute approximate surface area is 124 Å². The molecular weight excluding hydrogens is 288 g/mol. The van der Waals surface area contributed by atoms with Crippen LogP contribution < -0.4 is 5.32 Å². The summed E-state index contributed by atoms with van der Waals surface area (Å²) in [6.07, 6.45) is 3.31. The Morgan fingerprint density at radius 3 is 2.32 bits per heavy atom. The number of nitrogens with zero attached hydrogens (tertiary/aromatic N) is 1. The number of carbonyl (C=O) groups excluding carboxylic acids is 1. The van der Waals surface area contributed by atoms with Crippen molar-refractivity contribution in [2.75, 3.05) is 5.32 Å². The first-order valence-corrected chi connectivity index (χ1v) is 6.50. The van der Waals surface area contributed by atoms with E-state index in [1.807, 2.05) is 0 Å². The van der Waals surface area contributed by atoms with Gasteiger partial charge >= 0.3 is 0 Å². The Morgan fingerprint density at radius 2 is 1.73 bits per heavy atom. The molecule has 0 bridgehead atoms. The number of amides is 1. The standard InChI is InChI=1S/C16H11F2N3O/c17-12-2-1-3-13(18)14(12)21-16(22)11-6-4-10(5-7-11)15-19-8-9-20-15/h1-9H,(H,19,20)(H,21,22). The first-order chi connectivity index (χ1) is 10.6. The van der Waals surface area contributed by atoms with Crippen LogP contribution in [0.1, 0.15) is 10.4 Å².